The fraction of sp³-hybridized carbons (Fsp3) is 0.444. The topological polar surface area (TPSA) is 55.0 Å². The van der Waals surface area contributed by atoms with Crippen LogP contribution in [0.25, 0.3) is 10.9 Å². The number of benzene rings is 1. The van der Waals surface area contributed by atoms with E-state index in [1.807, 2.05) is 18.2 Å². The summed E-state index contributed by atoms with van der Waals surface area (Å²) in [7, 11) is 1.41. The molecule has 4 heteroatoms. The molecule has 0 N–H and O–H groups in total. The molecular weight excluding hydrogens is 276 g/mol. The lowest BCUT2D eigenvalue weighted by molar-refractivity contribution is 0.0601. The van der Waals surface area contributed by atoms with Gasteiger partial charge in [0.15, 0.2) is 0 Å². The number of ether oxygens (including phenoxy) is 1. The zero-order valence-electron chi connectivity index (χ0n) is 12.9. The first kappa shape index (κ1) is 14.6. The summed E-state index contributed by atoms with van der Waals surface area (Å²) in [5.74, 6) is -0.288. The summed E-state index contributed by atoms with van der Waals surface area (Å²) in [5, 5.41) is 9.94. The van der Waals surface area contributed by atoms with Gasteiger partial charge in [-0.3, -0.25) is 0 Å². The number of rotatable bonds is 4. The summed E-state index contributed by atoms with van der Waals surface area (Å²) in [6, 6.07) is 8.03. The molecule has 4 nitrogen and oxygen atoms in total. The van der Waals surface area contributed by atoms with E-state index in [2.05, 4.69) is 10.6 Å². The number of unbranched alkanes of at least 4 members (excludes halogenated alkanes) is 1. The van der Waals surface area contributed by atoms with Crippen molar-refractivity contribution in [3.05, 3.63) is 35.0 Å². The van der Waals surface area contributed by atoms with Crippen molar-refractivity contribution in [3.63, 3.8) is 0 Å². The zero-order chi connectivity index (χ0) is 15.5. The molecule has 0 atom stereocenters. The van der Waals surface area contributed by atoms with Gasteiger partial charge in [-0.1, -0.05) is 0 Å². The van der Waals surface area contributed by atoms with E-state index < -0.39 is 0 Å². The molecule has 0 unspecified atom stereocenters. The smallest absolute Gasteiger partial charge is 0.337 e. The summed E-state index contributed by atoms with van der Waals surface area (Å²) < 4.78 is 7.18. The molecular formula is C18H20N2O2. The van der Waals surface area contributed by atoms with Gasteiger partial charge >= 0.3 is 5.97 Å². The fourth-order valence-electron chi connectivity index (χ4n) is 3.45. The average molecular weight is 296 g/mol. The first-order valence-electron chi connectivity index (χ1n) is 7.85. The molecule has 0 radical (unpaired) electrons. The molecule has 0 saturated heterocycles. The maximum absolute atomic E-state index is 11.8. The Bertz CT molecular complexity index is 753. The van der Waals surface area contributed by atoms with Crippen molar-refractivity contribution in [2.24, 2.45) is 0 Å². The Kier molecular flexibility index (Phi) is 4.15. The first-order valence-corrected chi connectivity index (χ1v) is 7.85. The molecule has 1 aliphatic carbocycles. The highest BCUT2D eigenvalue weighted by molar-refractivity contribution is 5.96. The molecule has 1 aromatic heterocycles. The van der Waals surface area contributed by atoms with Crippen LogP contribution in [-0.4, -0.2) is 17.6 Å². The lowest BCUT2D eigenvalue weighted by atomic mass is 9.95. The van der Waals surface area contributed by atoms with Crippen molar-refractivity contribution < 1.29 is 9.53 Å². The number of fused-ring (bicyclic) bond motifs is 3. The zero-order valence-corrected chi connectivity index (χ0v) is 12.9. The van der Waals surface area contributed by atoms with Crippen molar-refractivity contribution in [1.29, 1.82) is 5.26 Å². The van der Waals surface area contributed by atoms with Crippen molar-refractivity contribution in [2.75, 3.05) is 7.11 Å². The average Bonchev–Trinajstić information content (AvgIpc) is 2.88. The third-order valence-corrected chi connectivity index (χ3v) is 4.47. The maximum Gasteiger partial charge on any atom is 0.337 e. The van der Waals surface area contributed by atoms with Crippen molar-refractivity contribution in [2.45, 2.75) is 45.1 Å². The number of carbonyl (C=O) groups is 1. The molecule has 0 amide bonds. The molecule has 22 heavy (non-hydrogen) atoms. The highest BCUT2D eigenvalue weighted by atomic mass is 16.5. The van der Waals surface area contributed by atoms with E-state index in [4.69, 9.17) is 10.00 Å². The number of nitriles is 1. The Morgan fingerprint density at radius 2 is 2.18 bits per heavy atom. The Labute approximate surface area is 130 Å². The molecule has 2 aromatic rings. The largest absolute Gasteiger partial charge is 0.465 e. The third-order valence-electron chi connectivity index (χ3n) is 4.47. The number of carbonyl (C=O) groups excluding carboxylic acids is 1. The second-order valence-electron chi connectivity index (χ2n) is 5.77. The van der Waals surface area contributed by atoms with Crippen LogP contribution >= 0.6 is 0 Å². The minimum Gasteiger partial charge on any atom is -0.465 e. The highest BCUT2D eigenvalue weighted by Crippen LogP contribution is 2.33. The molecule has 3 rings (SSSR count). The Hall–Kier alpha value is -2.28. The molecule has 0 saturated carbocycles. The summed E-state index contributed by atoms with van der Waals surface area (Å²) in [6.45, 7) is 0.872. The van der Waals surface area contributed by atoms with Crippen LogP contribution in [0.5, 0.6) is 0 Å². The summed E-state index contributed by atoms with van der Waals surface area (Å²) in [6.07, 6.45) is 6.02. The molecule has 0 bridgehead atoms. The monoisotopic (exact) mass is 296 g/mol. The second-order valence-corrected chi connectivity index (χ2v) is 5.77. The molecule has 114 valence electrons. The fourth-order valence-corrected chi connectivity index (χ4v) is 3.45. The summed E-state index contributed by atoms with van der Waals surface area (Å²) in [4.78, 5) is 11.8. The molecule has 1 heterocycles. The minimum absolute atomic E-state index is 0.288. The second kappa shape index (κ2) is 6.23. The standard InChI is InChI=1S/C18H20N2O2/c1-22-18(21)13-8-9-17-15(12-13)14-6-2-3-7-16(14)20(17)11-5-4-10-19/h8-9,12H,2-7,11H2,1H3. The van der Waals surface area contributed by atoms with Gasteiger partial charge in [-0.25, -0.2) is 4.79 Å². The molecule has 1 aliphatic rings. The maximum atomic E-state index is 11.8. The Morgan fingerprint density at radius 3 is 2.95 bits per heavy atom. The number of aromatic nitrogens is 1. The van der Waals surface area contributed by atoms with Gasteiger partial charge in [-0.05, 0) is 55.9 Å². The van der Waals surface area contributed by atoms with Gasteiger partial charge < -0.3 is 9.30 Å². The quantitative estimate of drug-likeness (QED) is 0.639. The predicted molar refractivity (Wildman–Crippen MR) is 84.8 cm³/mol. The number of esters is 1. The van der Waals surface area contributed by atoms with E-state index in [0.29, 0.717) is 12.0 Å². The SMILES string of the molecule is COC(=O)c1ccc2c(c1)c1c(n2CCCC#N)CCCC1. The number of nitrogens with zero attached hydrogens (tertiary/aromatic N) is 2. The van der Waals surface area contributed by atoms with E-state index in [-0.39, 0.29) is 5.97 Å². The van der Waals surface area contributed by atoms with Gasteiger partial charge in [0.25, 0.3) is 0 Å². The summed E-state index contributed by atoms with van der Waals surface area (Å²) >= 11 is 0. The van der Waals surface area contributed by atoms with E-state index in [0.717, 1.165) is 25.8 Å². The van der Waals surface area contributed by atoms with Crippen LogP contribution in [0.2, 0.25) is 0 Å². The normalized spacial score (nSPS) is 13.6. The van der Waals surface area contributed by atoms with Crippen LogP contribution in [-0.2, 0) is 24.1 Å². The van der Waals surface area contributed by atoms with Crippen LogP contribution in [0.15, 0.2) is 18.2 Å². The van der Waals surface area contributed by atoms with Gasteiger partial charge in [-0.2, -0.15) is 5.26 Å². The third kappa shape index (κ3) is 2.48. The van der Waals surface area contributed by atoms with Crippen molar-refractivity contribution >= 4 is 16.9 Å². The molecule has 0 fully saturated rings. The molecule has 0 aliphatic heterocycles. The highest BCUT2D eigenvalue weighted by Gasteiger charge is 2.20. The number of aryl methyl sites for hydroxylation is 2. The van der Waals surface area contributed by atoms with Crippen molar-refractivity contribution in [1.82, 2.24) is 4.57 Å². The number of hydrogen-bond donors (Lipinski definition) is 0. The van der Waals surface area contributed by atoms with Crippen LogP contribution in [0.4, 0.5) is 0 Å². The van der Waals surface area contributed by atoms with Crippen LogP contribution < -0.4 is 0 Å². The van der Waals surface area contributed by atoms with Crippen LogP contribution in [0.1, 0.15) is 47.3 Å². The summed E-state index contributed by atoms with van der Waals surface area (Å²) in [5.41, 5.74) is 4.56. The van der Waals surface area contributed by atoms with Gasteiger partial charge in [0.05, 0.1) is 18.7 Å². The first-order chi connectivity index (χ1) is 10.8. The van der Waals surface area contributed by atoms with E-state index in [1.165, 1.54) is 42.1 Å². The van der Waals surface area contributed by atoms with Crippen LogP contribution in [0, 0.1) is 11.3 Å². The number of hydrogen-bond acceptors (Lipinski definition) is 3. The lowest BCUT2D eigenvalue weighted by Crippen LogP contribution is -2.08. The Balaban J connectivity index is 2.10. The molecule has 0 spiro atoms. The lowest BCUT2D eigenvalue weighted by Gasteiger charge is -2.15. The van der Waals surface area contributed by atoms with Gasteiger partial charge in [0.1, 0.15) is 0 Å². The van der Waals surface area contributed by atoms with Gasteiger partial charge in [-0.15, -0.1) is 0 Å². The van der Waals surface area contributed by atoms with Crippen molar-refractivity contribution in [3.8, 4) is 6.07 Å². The van der Waals surface area contributed by atoms with Crippen LogP contribution in [0.3, 0.4) is 0 Å². The number of methoxy groups -OCH3 is 1. The van der Waals surface area contributed by atoms with Gasteiger partial charge in [0, 0.05) is 29.6 Å². The Morgan fingerprint density at radius 1 is 1.36 bits per heavy atom. The minimum atomic E-state index is -0.288. The van der Waals surface area contributed by atoms with E-state index in [1.54, 1.807) is 0 Å². The van der Waals surface area contributed by atoms with E-state index in [9.17, 15) is 4.79 Å². The van der Waals surface area contributed by atoms with E-state index >= 15 is 0 Å². The van der Waals surface area contributed by atoms with Gasteiger partial charge in [0.2, 0.25) is 0 Å². The predicted octanol–water partition coefficient (Wildman–Crippen LogP) is 3.61. The molecule has 1 aromatic carbocycles.